The lowest BCUT2D eigenvalue weighted by atomic mass is 10.3. The van der Waals surface area contributed by atoms with Crippen LogP contribution in [0.5, 0.6) is 5.75 Å². The lowest BCUT2D eigenvalue weighted by Crippen LogP contribution is -2.42. The van der Waals surface area contributed by atoms with Crippen molar-refractivity contribution in [3.8, 4) is 5.75 Å². The van der Waals surface area contributed by atoms with Gasteiger partial charge in [-0.1, -0.05) is 6.07 Å². The summed E-state index contributed by atoms with van der Waals surface area (Å²) in [6.45, 7) is 3.05. The van der Waals surface area contributed by atoms with Crippen molar-refractivity contribution in [2.45, 2.75) is 0 Å². The molecule has 0 heterocycles. The summed E-state index contributed by atoms with van der Waals surface area (Å²) < 4.78 is 5.18. The predicted octanol–water partition coefficient (Wildman–Crippen LogP) is 1.65. The van der Waals surface area contributed by atoms with Gasteiger partial charge in [0.1, 0.15) is 5.75 Å². The number of rotatable bonds is 8. The van der Waals surface area contributed by atoms with E-state index in [0.717, 1.165) is 24.5 Å². The lowest BCUT2D eigenvalue weighted by Gasteiger charge is -2.26. The molecule has 2 amide bonds. The Kier molecular flexibility index (Phi) is 7.70. The summed E-state index contributed by atoms with van der Waals surface area (Å²) in [6.07, 6.45) is 0. The molecule has 0 saturated heterocycles. The number of anilines is 1. The van der Waals surface area contributed by atoms with Crippen LogP contribution in [-0.4, -0.2) is 82.2 Å². The van der Waals surface area contributed by atoms with Crippen LogP contribution in [0.25, 0.3) is 0 Å². The van der Waals surface area contributed by atoms with E-state index in [4.69, 9.17) is 4.74 Å². The highest BCUT2D eigenvalue weighted by atomic mass is 16.5. The first-order valence-electron chi connectivity index (χ1n) is 7.42. The van der Waals surface area contributed by atoms with Crippen LogP contribution in [0.1, 0.15) is 0 Å². The Morgan fingerprint density at radius 1 is 1.05 bits per heavy atom. The average molecular weight is 308 g/mol. The van der Waals surface area contributed by atoms with Gasteiger partial charge in [-0.3, -0.25) is 0 Å². The Balaban J connectivity index is 2.67. The molecule has 0 aliphatic heterocycles. The number of likely N-dealkylation sites (N-methyl/N-ethyl adjacent to an activating group) is 2. The molecule has 1 aromatic rings. The van der Waals surface area contributed by atoms with Gasteiger partial charge in [-0.25, -0.2) is 4.79 Å². The molecule has 0 fully saturated rings. The van der Waals surface area contributed by atoms with Gasteiger partial charge >= 0.3 is 6.03 Å². The minimum absolute atomic E-state index is 0.0862. The van der Waals surface area contributed by atoms with Crippen molar-refractivity contribution in [1.82, 2.24) is 14.7 Å². The van der Waals surface area contributed by atoms with E-state index in [1.807, 2.05) is 57.4 Å². The minimum Gasteiger partial charge on any atom is -0.497 e. The smallest absolute Gasteiger partial charge is 0.321 e. The van der Waals surface area contributed by atoms with Crippen molar-refractivity contribution in [1.29, 1.82) is 0 Å². The van der Waals surface area contributed by atoms with E-state index < -0.39 is 0 Å². The van der Waals surface area contributed by atoms with Gasteiger partial charge < -0.3 is 24.8 Å². The number of urea groups is 1. The van der Waals surface area contributed by atoms with Gasteiger partial charge in [-0.2, -0.15) is 0 Å². The Morgan fingerprint density at radius 2 is 1.64 bits per heavy atom. The number of hydrogen-bond acceptors (Lipinski definition) is 4. The fourth-order valence-electron chi connectivity index (χ4n) is 1.86. The maximum atomic E-state index is 12.5. The number of methoxy groups -OCH3 is 1. The van der Waals surface area contributed by atoms with E-state index in [0.29, 0.717) is 13.1 Å². The van der Waals surface area contributed by atoms with Gasteiger partial charge in [0.2, 0.25) is 0 Å². The normalized spacial score (nSPS) is 10.9. The van der Waals surface area contributed by atoms with Crippen molar-refractivity contribution in [3.05, 3.63) is 24.3 Å². The Bertz CT molecular complexity index is 451. The predicted molar refractivity (Wildman–Crippen MR) is 90.7 cm³/mol. The fourth-order valence-corrected chi connectivity index (χ4v) is 1.86. The SMILES string of the molecule is COc1cccc(NC(=O)N(CCN(C)C)CCN(C)C)c1. The number of nitrogens with one attached hydrogen (secondary N) is 1. The lowest BCUT2D eigenvalue weighted by molar-refractivity contribution is 0.198. The molecule has 0 aliphatic rings. The van der Waals surface area contributed by atoms with Crippen LogP contribution in [0.15, 0.2) is 24.3 Å². The van der Waals surface area contributed by atoms with E-state index in [2.05, 4.69) is 15.1 Å². The van der Waals surface area contributed by atoms with Crippen molar-refractivity contribution in [2.75, 3.05) is 66.8 Å². The van der Waals surface area contributed by atoms with Crippen LogP contribution >= 0.6 is 0 Å². The molecule has 22 heavy (non-hydrogen) atoms. The molecule has 0 spiro atoms. The highest BCUT2D eigenvalue weighted by Crippen LogP contribution is 2.17. The summed E-state index contributed by atoms with van der Waals surface area (Å²) in [5.74, 6) is 0.728. The summed E-state index contributed by atoms with van der Waals surface area (Å²) in [5.41, 5.74) is 0.740. The van der Waals surface area contributed by atoms with Crippen LogP contribution in [0.4, 0.5) is 10.5 Å². The number of ether oxygens (including phenoxy) is 1. The second-order valence-corrected chi connectivity index (χ2v) is 5.76. The first kappa shape index (κ1) is 18.3. The quantitative estimate of drug-likeness (QED) is 0.793. The molecular formula is C16H28N4O2. The van der Waals surface area contributed by atoms with Crippen molar-refractivity contribution in [3.63, 3.8) is 0 Å². The summed E-state index contributed by atoms with van der Waals surface area (Å²) in [4.78, 5) is 18.4. The molecule has 6 nitrogen and oxygen atoms in total. The summed E-state index contributed by atoms with van der Waals surface area (Å²) in [7, 11) is 9.63. The standard InChI is InChI=1S/C16H28N4O2/c1-18(2)9-11-20(12-10-19(3)4)16(21)17-14-7-6-8-15(13-14)22-5/h6-8,13H,9-12H2,1-5H3,(H,17,21). The van der Waals surface area contributed by atoms with Crippen LogP contribution in [0, 0.1) is 0 Å². The second kappa shape index (κ2) is 9.27. The molecule has 0 unspecified atom stereocenters. The second-order valence-electron chi connectivity index (χ2n) is 5.76. The number of nitrogens with zero attached hydrogens (tertiary/aromatic N) is 3. The summed E-state index contributed by atoms with van der Waals surface area (Å²) in [6, 6.07) is 7.30. The molecule has 124 valence electrons. The Labute approximate surface area is 133 Å². The number of carbonyl (C=O) groups is 1. The highest BCUT2D eigenvalue weighted by molar-refractivity contribution is 5.89. The van der Waals surface area contributed by atoms with Crippen LogP contribution < -0.4 is 10.1 Å². The topological polar surface area (TPSA) is 48.1 Å². The Hall–Kier alpha value is -1.79. The van der Waals surface area contributed by atoms with Crippen LogP contribution in [0.3, 0.4) is 0 Å². The zero-order valence-corrected chi connectivity index (χ0v) is 14.3. The van der Waals surface area contributed by atoms with Gasteiger partial charge in [0.25, 0.3) is 0 Å². The first-order chi connectivity index (χ1) is 10.4. The molecular weight excluding hydrogens is 280 g/mol. The number of benzene rings is 1. The Morgan fingerprint density at radius 3 is 2.14 bits per heavy atom. The van der Waals surface area contributed by atoms with Gasteiger partial charge in [-0.15, -0.1) is 0 Å². The monoisotopic (exact) mass is 308 g/mol. The van der Waals surface area contributed by atoms with Crippen molar-refractivity contribution in [2.24, 2.45) is 0 Å². The van der Waals surface area contributed by atoms with Crippen molar-refractivity contribution >= 4 is 11.7 Å². The third-order valence-corrected chi connectivity index (χ3v) is 3.24. The van der Waals surface area contributed by atoms with E-state index >= 15 is 0 Å². The third kappa shape index (κ3) is 6.78. The van der Waals surface area contributed by atoms with Gasteiger partial charge in [0.05, 0.1) is 7.11 Å². The fraction of sp³-hybridized carbons (Fsp3) is 0.562. The maximum absolute atomic E-state index is 12.5. The van der Waals surface area contributed by atoms with E-state index in [1.165, 1.54) is 0 Å². The first-order valence-corrected chi connectivity index (χ1v) is 7.42. The third-order valence-electron chi connectivity index (χ3n) is 3.24. The number of carbonyl (C=O) groups excluding carboxylic acids is 1. The molecule has 0 atom stereocenters. The van der Waals surface area contributed by atoms with Crippen LogP contribution in [-0.2, 0) is 0 Å². The number of hydrogen-bond donors (Lipinski definition) is 1. The number of amides is 2. The van der Waals surface area contributed by atoms with Crippen molar-refractivity contribution < 1.29 is 9.53 Å². The largest absolute Gasteiger partial charge is 0.497 e. The summed E-state index contributed by atoms with van der Waals surface area (Å²) >= 11 is 0. The van der Waals surface area contributed by atoms with Gasteiger partial charge in [0.15, 0.2) is 0 Å². The molecule has 1 N–H and O–H groups in total. The molecule has 6 heteroatoms. The zero-order chi connectivity index (χ0) is 16.5. The van der Waals surface area contributed by atoms with Gasteiger partial charge in [-0.05, 0) is 40.3 Å². The summed E-state index contributed by atoms with van der Waals surface area (Å²) in [5, 5.41) is 2.93. The molecule has 0 saturated carbocycles. The van der Waals surface area contributed by atoms with E-state index in [1.54, 1.807) is 7.11 Å². The maximum Gasteiger partial charge on any atom is 0.321 e. The van der Waals surface area contributed by atoms with Gasteiger partial charge in [0, 0.05) is 37.9 Å². The minimum atomic E-state index is -0.0862. The molecule has 0 aromatic heterocycles. The van der Waals surface area contributed by atoms with E-state index in [-0.39, 0.29) is 6.03 Å². The highest BCUT2D eigenvalue weighted by Gasteiger charge is 2.14. The van der Waals surface area contributed by atoms with E-state index in [9.17, 15) is 4.79 Å². The molecule has 0 radical (unpaired) electrons. The molecule has 1 aromatic carbocycles. The zero-order valence-electron chi connectivity index (χ0n) is 14.3. The molecule has 1 rings (SSSR count). The molecule has 0 aliphatic carbocycles. The molecule has 0 bridgehead atoms. The van der Waals surface area contributed by atoms with Crippen LogP contribution in [0.2, 0.25) is 0 Å². The average Bonchev–Trinajstić information content (AvgIpc) is 2.46.